The van der Waals surface area contributed by atoms with Crippen LogP contribution in [0.1, 0.15) is 45.1 Å². The number of carbonyl (C=O) groups is 1. The van der Waals surface area contributed by atoms with Crippen LogP contribution in [0.25, 0.3) is 0 Å². The van der Waals surface area contributed by atoms with E-state index in [2.05, 4.69) is 19.2 Å². The van der Waals surface area contributed by atoms with E-state index in [4.69, 9.17) is 0 Å². The molecule has 116 valence electrons. The molecule has 21 heavy (non-hydrogen) atoms. The fourth-order valence-electron chi connectivity index (χ4n) is 3.28. The Morgan fingerprint density at radius 2 is 1.95 bits per heavy atom. The van der Waals surface area contributed by atoms with Crippen molar-refractivity contribution in [3.8, 4) is 0 Å². The lowest BCUT2D eigenvalue weighted by Gasteiger charge is -2.39. The molecule has 0 unspecified atom stereocenters. The number of benzene rings is 1. The quantitative estimate of drug-likeness (QED) is 0.874. The van der Waals surface area contributed by atoms with Gasteiger partial charge < -0.3 is 10.4 Å². The zero-order valence-corrected chi connectivity index (χ0v) is 12.9. The average Bonchev–Trinajstić information content (AvgIpc) is 2.37. The van der Waals surface area contributed by atoms with Gasteiger partial charge in [-0.25, -0.2) is 9.18 Å². The third-order valence-electron chi connectivity index (χ3n) is 4.66. The van der Waals surface area contributed by atoms with E-state index in [9.17, 15) is 14.3 Å². The number of halogens is 1. The first-order chi connectivity index (χ1) is 9.82. The second-order valence-corrected chi connectivity index (χ2v) is 6.61. The van der Waals surface area contributed by atoms with Crippen molar-refractivity contribution in [2.24, 2.45) is 11.8 Å². The molecule has 4 heteroatoms. The zero-order valence-electron chi connectivity index (χ0n) is 12.9. The molecule has 0 radical (unpaired) electrons. The highest BCUT2D eigenvalue weighted by Gasteiger charge is 2.42. The van der Waals surface area contributed by atoms with E-state index in [1.54, 1.807) is 13.0 Å². The van der Waals surface area contributed by atoms with Crippen LogP contribution in [0.3, 0.4) is 0 Å². The predicted molar refractivity (Wildman–Crippen MR) is 81.9 cm³/mol. The van der Waals surface area contributed by atoms with Crippen molar-refractivity contribution in [3.05, 3.63) is 29.6 Å². The minimum absolute atomic E-state index is 0.339. The molecular formula is C17H24FNO2. The minimum Gasteiger partial charge on any atom is -0.480 e. The van der Waals surface area contributed by atoms with Crippen LogP contribution in [-0.4, -0.2) is 16.6 Å². The summed E-state index contributed by atoms with van der Waals surface area (Å²) in [6.45, 7) is 6.17. The molecule has 1 aliphatic carbocycles. The number of hydrogen-bond donors (Lipinski definition) is 2. The molecular weight excluding hydrogens is 269 g/mol. The van der Waals surface area contributed by atoms with Gasteiger partial charge in [0.25, 0.3) is 0 Å². The van der Waals surface area contributed by atoms with Gasteiger partial charge in [-0.2, -0.15) is 0 Å². The number of rotatable bonds is 4. The summed E-state index contributed by atoms with van der Waals surface area (Å²) >= 11 is 0. The maximum absolute atomic E-state index is 13.5. The molecule has 0 amide bonds. The van der Waals surface area contributed by atoms with Crippen LogP contribution in [0.5, 0.6) is 0 Å². The first kappa shape index (κ1) is 15.8. The third kappa shape index (κ3) is 3.55. The van der Waals surface area contributed by atoms with Gasteiger partial charge in [0.2, 0.25) is 0 Å². The number of carboxylic acid groups (broad SMARTS) is 1. The summed E-state index contributed by atoms with van der Waals surface area (Å²) in [5.74, 6) is -0.0257. The third-order valence-corrected chi connectivity index (χ3v) is 4.66. The monoisotopic (exact) mass is 293 g/mol. The number of carboxylic acids is 1. The van der Waals surface area contributed by atoms with E-state index >= 15 is 0 Å². The first-order valence-electron chi connectivity index (χ1n) is 7.61. The van der Waals surface area contributed by atoms with Gasteiger partial charge in [0.15, 0.2) is 0 Å². The molecule has 3 nitrogen and oxygen atoms in total. The van der Waals surface area contributed by atoms with Crippen molar-refractivity contribution >= 4 is 11.7 Å². The van der Waals surface area contributed by atoms with Crippen LogP contribution in [0.4, 0.5) is 10.1 Å². The lowest BCUT2D eigenvalue weighted by Crippen LogP contribution is -2.49. The predicted octanol–water partition coefficient (Wildman–Crippen LogP) is 4.22. The molecule has 2 rings (SSSR count). The molecule has 1 aromatic carbocycles. The first-order valence-corrected chi connectivity index (χ1v) is 7.61. The summed E-state index contributed by atoms with van der Waals surface area (Å²) in [6.07, 6.45) is 2.96. The van der Waals surface area contributed by atoms with Gasteiger partial charge >= 0.3 is 5.97 Å². The molecule has 2 N–H and O–H groups in total. The van der Waals surface area contributed by atoms with Gasteiger partial charge in [-0.05, 0) is 68.2 Å². The van der Waals surface area contributed by atoms with Crippen LogP contribution >= 0.6 is 0 Å². The van der Waals surface area contributed by atoms with Crippen molar-refractivity contribution < 1.29 is 14.3 Å². The molecule has 0 heterocycles. The van der Waals surface area contributed by atoms with Gasteiger partial charge in [0.05, 0.1) is 0 Å². The Hall–Kier alpha value is -1.58. The fraction of sp³-hybridized carbons (Fsp3) is 0.588. The van der Waals surface area contributed by atoms with Crippen molar-refractivity contribution in [1.29, 1.82) is 0 Å². The fourth-order valence-corrected chi connectivity index (χ4v) is 3.28. The minimum atomic E-state index is -0.967. The van der Waals surface area contributed by atoms with E-state index in [1.165, 1.54) is 12.1 Å². The Bertz CT molecular complexity index is 499. The SMILES string of the molecule is Cc1cc(F)cc(NC2(C(=O)O)CCC(C(C)C)CC2)c1. The molecule has 1 saturated carbocycles. The summed E-state index contributed by atoms with van der Waals surface area (Å²) < 4.78 is 13.5. The van der Waals surface area contributed by atoms with Gasteiger partial charge in [-0.1, -0.05) is 13.8 Å². The molecule has 0 aromatic heterocycles. The molecule has 1 aliphatic rings. The van der Waals surface area contributed by atoms with Crippen molar-refractivity contribution in [3.63, 3.8) is 0 Å². The average molecular weight is 293 g/mol. The lowest BCUT2D eigenvalue weighted by molar-refractivity contribution is -0.144. The van der Waals surface area contributed by atoms with E-state index in [-0.39, 0.29) is 5.82 Å². The van der Waals surface area contributed by atoms with Gasteiger partial charge in [-0.3, -0.25) is 0 Å². The summed E-state index contributed by atoms with van der Waals surface area (Å²) in [5.41, 5.74) is 0.373. The van der Waals surface area contributed by atoms with Crippen molar-refractivity contribution in [1.82, 2.24) is 0 Å². The van der Waals surface area contributed by atoms with E-state index in [0.717, 1.165) is 18.4 Å². The van der Waals surface area contributed by atoms with Crippen LogP contribution in [0.2, 0.25) is 0 Å². The van der Waals surface area contributed by atoms with Crippen molar-refractivity contribution in [2.75, 3.05) is 5.32 Å². The van der Waals surface area contributed by atoms with E-state index < -0.39 is 11.5 Å². The second kappa shape index (κ2) is 6.04. The normalized spacial score (nSPS) is 25.9. The van der Waals surface area contributed by atoms with Crippen LogP contribution < -0.4 is 5.32 Å². The Morgan fingerprint density at radius 3 is 2.43 bits per heavy atom. The Labute approximate surface area is 125 Å². The largest absolute Gasteiger partial charge is 0.480 e. The van der Waals surface area contributed by atoms with Crippen LogP contribution in [0.15, 0.2) is 18.2 Å². The standard InChI is InChI=1S/C17H24FNO2/c1-11(2)13-4-6-17(7-5-13,16(20)21)19-15-9-12(3)8-14(18)10-15/h8-11,13,19H,4-7H2,1-3H3,(H,20,21). The summed E-state index contributed by atoms with van der Waals surface area (Å²) in [4.78, 5) is 11.8. The topological polar surface area (TPSA) is 49.3 Å². The number of aliphatic carboxylic acids is 1. The van der Waals surface area contributed by atoms with E-state index in [1.807, 2.05) is 0 Å². The number of anilines is 1. The summed E-state index contributed by atoms with van der Waals surface area (Å²) in [6, 6.07) is 4.60. The molecule has 1 aromatic rings. The number of nitrogens with one attached hydrogen (secondary N) is 1. The smallest absolute Gasteiger partial charge is 0.329 e. The number of hydrogen-bond acceptors (Lipinski definition) is 2. The highest BCUT2D eigenvalue weighted by atomic mass is 19.1. The van der Waals surface area contributed by atoms with Gasteiger partial charge in [0.1, 0.15) is 11.4 Å². The zero-order chi connectivity index (χ0) is 15.6. The van der Waals surface area contributed by atoms with Crippen molar-refractivity contribution in [2.45, 2.75) is 52.0 Å². The van der Waals surface area contributed by atoms with Gasteiger partial charge in [-0.15, -0.1) is 0 Å². The van der Waals surface area contributed by atoms with Crippen LogP contribution in [-0.2, 0) is 4.79 Å². The molecule has 0 atom stereocenters. The number of aryl methyl sites for hydroxylation is 1. The molecule has 0 spiro atoms. The summed E-state index contributed by atoms with van der Waals surface area (Å²) in [5, 5.41) is 12.8. The van der Waals surface area contributed by atoms with E-state index in [0.29, 0.717) is 30.4 Å². The lowest BCUT2D eigenvalue weighted by atomic mass is 9.72. The molecule has 1 fully saturated rings. The highest BCUT2D eigenvalue weighted by molar-refractivity contribution is 5.83. The maximum atomic E-state index is 13.5. The van der Waals surface area contributed by atoms with Gasteiger partial charge in [0, 0.05) is 5.69 Å². The molecule has 0 aliphatic heterocycles. The maximum Gasteiger partial charge on any atom is 0.329 e. The van der Waals surface area contributed by atoms with Crippen LogP contribution in [0, 0.1) is 24.6 Å². The molecule has 0 bridgehead atoms. The second-order valence-electron chi connectivity index (χ2n) is 6.61. The highest BCUT2D eigenvalue weighted by Crippen LogP contribution is 2.38. The Balaban J connectivity index is 2.18. The Kier molecular flexibility index (Phi) is 4.55. The molecule has 0 saturated heterocycles. The summed E-state index contributed by atoms with van der Waals surface area (Å²) in [7, 11) is 0. The Morgan fingerprint density at radius 1 is 1.33 bits per heavy atom.